The Kier molecular flexibility index (Phi) is 7.04. The van der Waals surface area contributed by atoms with Gasteiger partial charge in [0.25, 0.3) is 0 Å². The maximum absolute atomic E-state index is 14.8. The molecule has 3 aliphatic rings. The van der Waals surface area contributed by atoms with Crippen molar-refractivity contribution in [2.24, 2.45) is 11.8 Å². The molecule has 0 bridgehead atoms. The van der Waals surface area contributed by atoms with E-state index in [9.17, 15) is 27.2 Å². The fraction of sp³-hybridized carbons (Fsp3) is 0.548. The highest BCUT2D eigenvalue weighted by Crippen LogP contribution is 2.52. The number of carbonyl (C=O) groups excluding carboxylic acids is 2. The van der Waals surface area contributed by atoms with Gasteiger partial charge < -0.3 is 9.64 Å². The Morgan fingerprint density at radius 2 is 1.64 bits per heavy atom. The number of fused-ring (bicyclic) bond motifs is 3. The quantitative estimate of drug-likeness (QED) is 0.397. The van der Waals surface area contributed by atoms with Gasteiger partial charge in [-0.25, -0.2) is 4.39 Å². The molecule has 2 aliphatic heterocycles. The molecule has 0 N–H and O–H groups in total. The van der Waals surface area contributed by atoms with Crippen LogP contribution < -0.4 is 4.74 Å². The number of Topliss-reactive ketones (excluding diaryl/α,β-unsaturated/α-hetero) is 1. The number of alkyl halides is 4. The molecule has 0 aromatic heterocycles. The van der Waals surface area contributed by atoms with Crippen LogP contribution in [0.4, 0.5) is 17.6 Å². The zero-order valence-corrected chi connectivity index (χ0v) is 22.6. The van der Waals surface area contributed by atoms with E-state index in [0.717, 1.165) is 16.7 Å². The average molecular weight is 546 g/mol. The number of ether oxygens (including phenoxy) is 1. The normalized spacial score (nSPS) is 28.2. The van der Waals surface area contributed by atoms with E-state index < -0.39 is 22.8 Å². The maximum Gasteiger partial charge on any atom is 0.426 e. The Hall–Kier alpha value is -2.90. The lowest BCUT2D eigenvalue weighted by molar-refractivity contribution is -0.228. The lowest BCUT2D eigenvalue weighted by Gasteiger charge is -2.44. The molecule has 3 atom stereocenters. The van der Waals surface area contributed by atoms with Crippen LogP contribution >= 0.6 is 0 Å². The van der Waals surface area contributed by atoms with Crippen molar-refractivity contribution in [1.82, 2.24) is 4.90 Å². The van der Waals surface area contributed by atoms with Gasteiger partial charge in [-0.1, -0.05) is 42.0 Å². The van der Waals surface area contributed by atoms with Gasteiger partial charge in [0.2, 0.25) is 11.6 Å². The summed E-state index contributed by atoms with van der Waals surface area (Å²) < 4.78 is 61.3. The summed E-state index contributed by atoms with van der Waals surface area (Å²) in [7, 11) is 0. The molecule has 1 saturated heterocycles. The zero-order valence-electron chi connectivity index (χ0n) is 22.6. The van der Waals surface area contributed by atoms with Crippen LogP contribution in [0.15, 0.2) is 42.5 Å². The Balaban J connectivity index is 1.49. The number of likely N-dealkylation sites (tertiary alicyclic amines) is 1. The van der Waals surface area contributed by atoms with Crippen LogP contribution in [-0.2, 0) is 27.1 Å². The Labute approximate surface area is 226 Å². The molecule has 2 aromatic rings. The molecule has 0 spiro atoms. The van der Waals surface area contributed by atoms with Crippen LogP contribution in [0, 0.1) is 18.8 Å². The minimum Gasteiger partial charge on any atom is -0.491 e. The molecule has 1 amide bonds. The van der Waals surface area contributed by atoms with Crippen LogP contribution in [-0.4, -0.2) is 42.0 Å². The molecule has 8 heteroatoms. The largest absolute Gasteiger partial charge is 0.491 e. The molecule has 2 fully saturated rings. The average Bonchev–Trinajstić information content (AvgIpc) is 3.28. The fourth-order valence-corrected chi connectivity index (χ4v) is 6.80. The van der Waals surface area contributed by atoms with Crippen LogP contribution in [0.5, 0.6) is 5.75 Å². The number of rotatable bonds is 5. The summed E-state index contributed by atoms with van der Waals surface area (Å²) in [6, 6.07) is 11.8. The lowest BCUT2D eigenvalue weighted by Crippen LogP contribution is -2.53. The Bertz CT molecular complexity index is 1250. The standard InChI is InChI=1S/C31H35F4NO3/c1-19-4-6-21(7-5-19)17-30-14-15-36(28(38)23-10-8-22(9-11-23)20(2)37)27(30)18-39-26-16-24(12-13-25(26)30)29(3,32)31(33,34)35/h4-7,12-13,16,22-23,27H,8-11,14-15,17-18H2,1-3H3. The van der Waals surface area contributed by atoms with Crippen molar-refractivity contribution in [1.29, 1.82) is 0 Å². The first-order valence-electron chi connectivity index (χ1n) is 13.7. The summed E-state index contributed by atoms with van der Waals surface area (Å²) in [6.07, 6.45) is -1.09. The van der Waals surface area contributed by atoms with E-state index in [-0.39, 0.29) is 41.9 Å². The first-order valence-corrected chi connectivity index (χ1v) is 13.7. The summed E-state index contributed by atoms with van der Waals surface area (Å²) in [5, 5.41) is 0. The van der Waals surface area contributed by atoms with Gasteiger partial charge in [-0.05, 0) is 70.9 Å². The summed E-state index contributed by atoms with van der Waals surface area (Å²) in [5.74, 6) is 0.347. The van der Waals surface area contributed by atoms with E-state index in [1.807, 2.05) is 36.1 Å². The predicted molar refractivity (Wildman–Crippen MR) is 139 cm³/mol. The van der Waals surface area contributed by atoms with E-state index in [4.69, 9.17) is 4.74 Å². The van der Waals surface area contributed by atoms with Gasteiger partial charge in [0.1, 0.15) is 18.1 Å². The molecule has 1 aliphatic carbocycles. The van der Waals surface area contributed by atoms with Crippen LogP contribution in [0.1, 0.15) is 68.2 Å². The number of amides is 1. The van der Waals surface area contributed by atoms with Crippen molar-refractivity contribution in [2.45, 2.75) is 82.6 Å². The molecule has 4 nitrogen and oxygen atoms in total. The third-order valence-corrected chi connectivity index (χ3v) is 9.38. The molecule has 39 heavy (non-hydrogen) atoms. The molecule has 5 rings (SSSR count). The van der Waals surface area contributed by atoms with Gasteiger partial charge >= 0.3 is 6.18 Å². The highest BCUT2D eigenvalue weighted by molar-refractivity contribution is 5.82. The number of benzene rings is 2. The van der Waals surface area contributed by atoms with Gasteiger partial charge in [0, 0.05) is 34.9 Å². The van der Waals surface area contributed by atoms with Gasteiger partial charge in [-0.3, -0.25) is 9.59 Å². The van der Waals surface area contributed by atoms with E-state index in [0.29, 0.717) is 52.0 Å². The number of ketones is 1. The second-order valence-corrected chi connectivity index (χ2v) is 11.8. The second-order valence-electron chi connectivity index (χ2n) is 11.8. The lowest BCUT2D eigenvalue weighted by atomic mass is 9.68. The molecule has 1 saturated carbocycles. The van der Waals surface area contributed by atoms with Crippen molar-refractivity contribution in [3.05, 3.63) is 64.7 Å². The molecular weight excluding hydrogens is 510 g/mol. The van der Waals surface area contributed by atoms with Crippen LogP contribution in [0.25, 0.3) is 0 Å². The highest BCUT2D eigenvalue weighted by atomic mass is 19.4. The zero-order chi connectivity index (χ0) is 28.2. The van der Waals surface area contributed by atoms with E-state index in [1.165, 1.54) is 12.1 Å². The summed E-state index contributed by atoms with van der Waals surface area (Å²) >= 11 is 0. The topological polar surface area (TPSA) is 46.6 Å². The summed E-state index contributed by atoms with van der Waals surface area (Å²) in [6.45, 7) is 4.78. The maximum atomic E-state index is 14.8. The molecule has 3 unspecified atom stereocenters. The predicted octanol–water partition coefficient (Wildman–Crippen LogP) is 6.61. The Morgan fingerprint density at radius 3 is 2.26 bits per heavy atom. The SMILES string of the molecule is CC(=O)C1CCC(C(=O)N2CCC3(Cc4ccc(C)cc4)c4ccc(C(C)(F)C(F)(F)F)cc4OCC23)CC1. The minimum atomic E-state index is -5.06. The molecule has 210 valence electrons. The first-order chi connectivity index (χ1) is 18.3. The summed E-state index contributed by atoms with van der Waals surface area (Å²) in [4.78, 5) is 27.5. The Morgan fingerprint density at radius 1 is 1.00 bits per heavy atom. The molecule has 2 heterocycles. The van der Waals surface area contributed by atoms with Gasteiger partial charge in [-0.15, -0.1) is 0 Å². The third-order valence-electron chi connectivity index (χ3n) is 9.38. The van der Waals surface area contributed by atoms with Crippen molar-refractivity contribution in [3.63, 3.8) is 0 Å². The molecule has 0 radical (unpaired) electrons. The highest BCUT2D eigenvalue weighted by Gasteiger charge is 2.57. The van der Waals surface area contributed by atoms with Crippen LogP contribution in [0.2, 0.25) is 0 Å². The van der Waals surface area contributed by atoms with Crippen molar-refractivity contribution >= 4 is 11.7 Å². The van der Waals surface area contributed by atoms with Crippen molar-refractivity contribution in [2.75, 3.05) is 13.2 Å². The molecular formula is C31H35F4NO3. The van der Waals surface area contributed by atoms with Crippen molar-refractivity contribution in [3.8, 4) is 5.75 Å². The first kappa shape index (κ1) is 27.7. The van der Waals surface area contributed by atoms with E-state index in [1.54, 1.807) is 13.0 Å². The number of hydrogen-bond donors (Lipinski definition) is 0. The number of aryl methyl sites for hydroxylation is 1. The number of nitrogens with zero attached hydrogens (tertiary/aromatic N) is 1. The fourth-order valence-electron chi connectivity index (χ4n) is 6.80. The van der Waals surface area contributed by atoms with Gasteiger partial charge in [0.15, 0.2) is 0 Å². The third kappa shape index (κ3) is 4.84. The number of halogens is 4. The second kappa shape index (κ2) is 9.93. The van der Waals surface area contributed by atoms with Gasteiger partial charge in [-0.2, -0.15) is 13.2 Å². The van der Waals surface area contributed by atoms with E-state index in [2.05, 4.69) is 0 Å². The monoisotopic (exact) mass is 545 g/mol. The summed E-state index contributed by atoms with van der Waals surface area (Å²) in [5.41, 5.74) is -1.68. The minimum absolute atomic E-state index is 0.0187. The van der Waals surface area contributed by atoms with Crippen molar-refractivity contribution < 1.29 is 31.9 Å². The number of carbonyl (C=O) groups is 2. The smallest absolute Gasteiger partial charge is 0.426 e. The van der Waals surface area contributed by atoms with Crippen LogP contribution in [0.3, 0.4) is 0 Å². The molecule has 2 aromatic carbocycles. The number of hydrogen-bond acceptors (Lipinski definition) is 3. The van der Waals surface area contributed by atoms with E-state index >= 15 is 0 Å². The van der Waals surface area contributed by atoms with Gasteiger partial charge in [0.05, 0.1) is 6.04 Å².